The Morgan fingerprint density at radius 3 is 2.37 bits per heavy atom. The van der Waals surface area contributed by atoms with Crippen LogP contribution in [0.2, 0.25) is 0 Å². The molecule has 1 aliphatic rings. The zero-order valence-electron chi connectivity index (χ0n) is 17.9. The van der Waals surface area contributed by atoms with Crippen molar-refractivity contribution in [1.29, 1.82) is 0 Å². The Balaban J connectivity index is 1.68. The molecule has 2 N–H and O–H groups in total. The zero-order valence-corrected chi connectivity index (χ0v) is 17.9. The molecule has 0 spiro atoms. The van der Waals surface area contributed by atoms with Gasteiger partial charge in [0, 0.05) is 13.1 Å². The number of benzene rings is 2. The van der Waals surface area contributed by atoms with Crippen molar-refractivity contribution in [3.63, 3.8) is 0 Å². The van der Waals surface area contributed by atoms with E-state index in [0.29, 0.717) is 18.9 Å². The fraction of sp³-hybridized carbons (Fsp3) is 0.440. The first-order valence-electron chi connectivity index (χ1n) is 10.7. The highest BCUT2D eigenvalue weighted by atomic mass is 16.4. The summed E-state index contributed by atoms with van der Waals surface area (Å²) in [6, 6.07) is 20.6. The lowest BCUT2D eigenvalue weighted by atomic mass is 9.68. The average molecular weight is 409 g/mol. The van der Waals surface area contributed by atoms with Gasteiger partial charge in [-0.2, -0.15) is 0 Å². The van der Waals surface area contributed by atoms with Crippen molar-refractivity contribution >= 4 is 11.9 Å². The second-order valence-electron chi connectivity index (χ2n) is 8.69. The molecule has 5 nitrogen and oxygen atoms in total. The maximum absolute atomic E-state index is 12.8. The summed E-state index contributed by atoms with van der Waals surface area (Å²) in [5.41, 5.74) is 2.59. The first-order valence-corrected chi connectivity index (χ1v) is 10.7. The average Bonchev–Trinajstić information content (AvgIpc) is 2.75. The number of hydrogen-bond donors (Lipinski definition) is 2. The number of hydrogen-bond acceptors (Lipinski definition) is 3. The van der Waals surface area contributed by atoms with Crippen molar-refractivity contribution in [3.8, 4) is 0 Å². The van der Waals surface area contributed by atoms with Crippen LogP contribution in [0.15, 0.2) is 60.7 Å². The predicted octanol–water partition coefficient (Wildman–Crippen LogP) is 3.35. The van der Waals surface area contributed by atoms with Crippen LogP contribution in [0.4, 0.5) is 0 Å². The summed E-state index contributed by atoms with van der Waals surface area (Å²) < 4.78 is 0. The Bertz CT molecular complexity index is 840. The molecule has 0 saturated carbocycles. The number of nitrogens with one attached hydrogen (secondary N) is 1. The number of rotatable bonds is 8. The molecule has 5 heteroatoms. The molecule has 0 aromatic heterocycles. The highest BCUT2D eigenvalue weighted by Gasteiger charge is 2.38. The molecule has 1 unspecified atom stereocenters. The van der Waals surface area contributed by atoms with E-state index in [2.05, 4.69) is 54.4 Å². The van der Waals surface area contributed by atoms with Crippen LogP contribution in [0.5, 0.6) is 0 Å². The predicted molar refractivity (Wildman–Crippen MR) is 118 cm³/mol. The lowest BCUT2D eigenvalue weighted by molar-refractivity contribution is -0.138. The lowest BCUT2D eigenvalue weighted by Gasteiger charge is -2.45. The van der Waals surface area contributed by atoms with Gasteiger partial charge >= 0.3 is 5.97 Å². The third-order valence-electron chi connectivity index (χ3n) is 6.59. The van der Waals surface area contributed by atoms with Crippen LogP contribution < -0.4 is 5.32 Å². The maximum atomic E-state index is 12.8. The molecule has 1 aliphatic heterocycles. The van der Waals surface area contributed by atoms with Gasteiger partial charge in [0.15, 0.2) is 0 Å². The van der Waals surface area contributed by atoms with Gasteiger partial charge in [0.05, 0.1) is 5.92 Å². The van der Waals surface area contributed by atoms with E-state index in [1.54, 1.807) is 0 Å². The summed E-state index contributed by atoms with van der Waals surface area (Å²) >= 11 is 0. The topological polar surface area (TPSA) is 69.6 Å². The number of carbonyl (C=O) groups excluding carboxylic acids is 1. The quantitative estimate of drug-likeness (QED) is 0.703. The Morgan fingerprint density at radius 2 is 1.77 bits per heavy atom. The minimum absolute atomic E-state index is 0.123. The molecule has 1 fully saturated rings. The van der Waals surface area contributed by atoms with Crippen LogP contribution >= 0.6 is 0 Å². The van der Waals surface area contributed by atoms with Crippen LogP contribution in [-0.2, 0) is 21.4 Å². The molecular formula is C25H32N2O3. The summed E-state index contributed by atoms with van der Waals surface area (Å²) in [6.07, 6.45) is 1.64. The van der Waals surface area contributed by atoms with E-state index in [4.69, 9.17) is 5.11 Å². The fourth-order valence-electron chi connectivity index (χ4n) is 4.49. The number of carbonyl (C=O) groups is 2. The van der Waals surface area contributed by atoms with Crippen LogP contribution in [0, 0.1) is 11.8 Å². The lowest BCUT2D eigenvalue weighted by Crippen LogP contribution is -2.50. The molecule has 2 aromatic rings. The van der Waals surface area contributed by atoms with Gasteiger partial charge in [0.2, 0.25) is 5.91 Å². The van der Waals surface area contributed by atoms with Crippen LogP contribution in [0.3, 0.4) is 0 Å². The number of piperidine rings is 1. The second kappa shape index (κ2) is 9.90. The van der Waals surface area contributed by atoms with Crippen molar-refractivity contribution in [2.45, 2.75) is 32.1 Å². The molecule has 1 amide bonds. The molecule has 0 aliphatic carbocycles. The second-order valence-corrected chi connectivity index (χ2v) is 8.69. The van der Waals surface area contributed by atoms with Gasteiger partial charge in [-0.1, -0.05) is 74.5 Å². The largest absolute Gasteiger partial charge is 0.480 e. The highest BCUT2D eigenvalue weighted by Crippen LogP contribution is 2.39. The third kappa shape index (κ3) is 5.48. The molecule has 1 heterocycles. The Labute approximate surface area is 179 Å². The standard InChI is InChI=1S/C25H32N2O3/c1-19-17-27(14-13-25(19,2)22-11-7-4-8-12-22)18-21(24(30)26-16-23(28)29)15-20-9-5-3-6-10-20/h3-12,19,21H,13-18H2,1-2H3,(H,26,30)(H,28,29)/t19?,21-,25+/m0/s1. The molecule has 30 heavy (non-hydrogen) atoms. The van der Waals surface area contributed by atoms with Crippen molar-refractivity contribution < 1.29 is 14.7 Å². The maximum Gasteiger partial charge on any atom is 0.322 e. The molecule has 0 bridgehead atoms. The Kier molecular flexibility index (Phi) is 7.27. The van der Waals surface area contributed by atoms with Gasteiger partial charge in [-0.3, -0.25) is 9.59 Å². The molecule has 160 valence electrons. The summed E-state index contributed by atoms with van der Waals surface area (Å²) in [4.78, 5) is 26.0. The number of carboxylic acid groups (broad SMARTS) is 1. The summed E-state index contributed by atoms with van der Waals surface area (Å²) in [5.74, 6) is -1.04. The summed E-state index contributed by atoms with van der Waals surface area (Å²) in [6.45, 7) is 6.76. The van der Waals surface area contributed by atoms with E-state index in [1.807, 2.05) is 30.3 Å². The van der Waals surface area contributed by atoms with E-state index < -0.39 is 5.97 Å². The first kappa shape index (κ1) is 22.0. The van der Waals surface area contributed by atoms with Crippen molar-refractivity contribution in [2.75, 3.05) is 26.2 Å². The molecule has 3 atom stereocenters. The van der Waals surface area contributed by atoms with E-state index in [-0.39, 0.29) is 23.8 Å². The van der Waals surface area contributed by atoms with Gasteiger partial charge in [-0.05, 0) is 41.8 Å². The molecule has 0 radical (unpaired) electrons. The number of likely N-dealkylation sites (tertiary alicyclic amines) is 1. The van der Waals surface area contributed by atoms with Gasteiger partial charge in [-0.25, -0.2) is 0 Å². The SMILES string of the molecule is CC1CN(C[C@H](Cc2ccccc2)C(=O)NCC(=O)O)CC[C@@]1(C)c1ccccc1. The van der Waals surface area contributed by atoms with Crippen molar-refractivity contribution in [3.05, 3.63) is 71.8 Å². The van der Waals surface area contributed by atoms with E-state index in [9.17, 15) is 9.59 Å². The van der Waals surface area contributed by atoms with Crippen LogP contribution in [0.25, 0.3) is 0 Å². The first-order chi connectivity index (χ1) is 14.4. The normalized spacial score (nSPS) is 22.9. The van der Waals surface area contributed by atoms with E-state index in [1.165, 1.54) is 5.56 Å². The van der Waals surface area contributed by atoms with Gasteiger partial charge < -0.3 is 15.3 Å². The zero-order chi connectivity index (χ0) is 21.6. The highest BCUT2D eigenvalue weighted by molar-refractivity contribution is 5.83. The number of aliphatic carboxylic acids is 1. The van der Waals surface area contributed by atoms with Crippen molar-refractivity contribution in [2.24, 2.45) is 11.8 Å². The minimum Gasteiger partial charge on any atom is -0.480 e. The summed E-state index contributed by atoms with van der Waals surface area (Å²) in [7, 11) is 0. The summed E-state index contributed by atoms with van der Waals surface area (Å²) in [5, 5.41) is 11.5. The minimum atomic E-state index is -1.02. The van der Waals surface area contributed by atoms with Gasteiger partial charge in [-0.15, -0.1) is 0 Å². The van der Waals surface area contributed by atoms with Crippen molar-refractivity contribution in [1.82, 2.24) is 10.2 Å². The van der Waals surface area contributed by atoms with Crippen LogP contribution in [0.1, 0.15) is 31.4 Å². The van der Waals surface area contributed by atoms with Gasteiger partial charge in [0.1, 0.15) is 6.54 Å². The van der Waals surface area contributed by atoms with Crippen LogP contribution in [-0.4, -0.2) is 48.1 Å². The molecule has 3 rings (SSSR count). The van der Waals surface area contributed by atoms with E-state index in [0.717, 1.165) is 25.1 Å². The smallest absolute Gasteiger partial charge is 0.322 e. The fourth-order valence-corrected chi connectivity index (χ4v) is 4.49. The molecule has 1 saturated heterocycles. The third-order valence-corrected chi connectivity index (χ3v) is 6.59. The number of nitrogens with zero attached hydrogens (tertiary/aromatic N) is 1. The Morgan fingerprint density at radius 1 is 1.13 bits per heavy atom. The number of amides is 1. The van der Waals surface area contributed by atoms with E-state index >= 15 is 0 Å². The van der Waals surface area contributed by atoms with Gasteiger partial charge in [0.25, 0.3) is 0 Å². The number of carboxylic acids is 1. The molecular weight excluding hydrogens is 376 g/mol. The Hall–Kier alpha value is -2.66. The molecule has 2 aromatic carbocycles. The monoisotopic (exact) mass is 408 g/mol.